The minimum Gasteiger partial charge on any atom is -0.497 e. The molecule has 2 aromatic carbocycles. The van der Waals surface area contributed by atoms with Crippen molar-refractivity contribution in [2.45, 2.75) is 31.7 Å². The van der Waals surface area contributed by atoms with E-state index in [0.717, 1.165) is 29.8 Å². The Kier molecular flexibility index (Phi) is 6.47. The van der Waals surface area contributed by atoms with Crippen LogP contribution in [0, 0.1) is 0 Å². The van der Waals surface area contributed by atoms with Gasteiger partial charge < -0.3 is 15.0 Å². The molecular formula is C22H26N2O3. The number of hydrogen-bond donors (Lipinski definition) is 1. The molecule has 1 saturated heterocycles. The van der Waals surface area contributed by atoms with Gasteiger partial charge in [0.1, 0.15) is 5.75 Å². The second kappa shape index (κ2) is 9.21. The molecule has 1 heterocycles. The van der Waals surface area contributed by atoms with Crippen LogP contribution in [0.1, 0.15) is 24.8 Å². The Balaban J connectivity index is 1.51. The standard InChI is InChI=1S/C22H26N2O3/c1-27-20-12-10-18(11-13-20)23-19-8-5-15-24(16-19)22(26)21(25)14-9-17-6-3-2-4-7-17/h2-4,6-7,10-13,19,23H,5,8-9,14-16H2,1H3/t19-/m1/s1. The van der Waals surface area contributed by atoms with Crippen LogP contribution in [0.3, 0.4) is 0 Å². The average molecular weight is 366 g/mol. The number of carbonyl (C=O) groups excluding carboxylic acids is 2. The van der Waals surface area contributed by atoms with Crippen molar-refractivity contribution in [1.82, 2.24) is 4.90 Å². The van der Waals surface area contributed by atoms with Crippen LogP contribution in [-0.4, -0.2) is 42.8 Å². The normalized spacial score (nSPS) is 16.6. The lowest BCUT2D eigenvalue weighted by atomic mass is 10.0. The van der Waals surface area contributed by atoms with Gasteiger partial charge in [0.2, 0.25) is 5.78 Å². The molecule has 3 rings (SSSR count). The van der Waals surface area contributed by atoms with Crippen molar-refractivity contribution in [1.29, 1.82) is 0 Å². The molecule has 1 aliphatic rings. The van der Waals surface area contributed by atoms with Gasteiger partial charge in [0.25, 0.3) is 5.91 Å². The SMILES string of the molecule is COc1ccc(N[C@@H]2CCCN(C(=O)C(=O)CCc3ccccc3)C2)cc1. The molecule has 1 N–H and O–H groups in total. The number of anilines is 1. The first-order valence-electron chi connectivity index (χ1n) is 9.42. The Bertz CT molecular complexity index is 759. The number of benzene rings is 2. The first-order valence-corrected chi connectivity index (χ1v) is 9.42. The Morgan fingerprint density at radius 3 is 2.56 bits per heavy atom. The van der Waals surface area contributed by atoms with Gasteiger partial charge in [-0.05, 0) is 49.1 Å². The fourth-order valence-electron chi connectivity index (χ4n) is 3.39. The smallest absolute Gasteiger partial charge is 0.290 e. The van der Waals surface area contributed by atoms with Crippen LogP contribution < -0.4 is 10.1 Å². The lowest BCUT2D eigenvalue weighted by molar-refractivity contribution is -0.145. The summed E-state index contributed by atoms with van der Waals surface area (Å²) < 4.78 is 5.17. The molecular weight excluding hydrogens is 340 g/mol. The maximum atomic E-state index is 12.5. The van der Waals surface area contributed by atoms with Gasteiger partial charge >= 0.3 is 0 Å². The Morgan fingerprint density at radius 1 is 1.11 bits per heavy atom. The van der Waals surface area contributed by atoms with Gasteiger partial charge in [0, 0.05) is 31.2 Å². The zero-order valence-electron chi connectivity index (χ0n) is 15.7. The van der Waals surface area contributed by atoms with Gasteiger partial charge in [-0.1, -0.05) is 30.3 Å². The molecule has 0 aromatic heterocycles. The fraction of sp³-hybridized carbons (Fsp3) is 0.364. The molecule has 0 bridgehead atoms. The molecule has 142 valence electrons. The number of likely N-dealkylation sites (tertiary alicyclic amines) is 1. The zero-order valence-corrected chi connectivity index (χ0v) is 15.7. The first kappa shape index (κ1) is 19.0. The minimum atomic E-state index is -0.354. The van der Waals surface area contributed by atoms with Gasteiger partial charge in [-0.2, -0.15) is 0 Å². The molecule has 0 saturated carbocycles. The van der Waals surface area contributed by atoms with Gasteiger partial charge in [-0.15, -0.1) is 0 Å². The summed E-state index contributed by atoms with van der Waals surface area (Å²) in [6, 6.07) is 17.7. The number of aryl methyl sites for hydroxylation is 1. The summed E-state index contributed by atoms with van der Waals surface area (Å²) in [5.74, 6) is 0.154. The van der Waals surface area contributed by atoms with E-state index in [2.05, 4.69) is 5.32 Å². The molecule has 2 aromatic rings. The molecule has 5 heteroatoms. The second-order valence-corrected chi connectivity index (χ2v) is 6.87. The Morgan fingerprint density at radius 2 is 1.85 bits per heavy atom. The summed E-state index contributed by atoms with van der Waals surface area (Å²) in [6.45, 7) is 1.21. The van der Waals surface area contributed by atoms with Crippen molar-refractivity contribution in [3.63, 3.8) is 0 Å². The number of amides is 1. The van der Waals surface area contributed by atoms with E-state index in [-0.39, 0.29) is 24.2 Å². The maximum Gasteiger partial charge on any atom is 0.290 e. The molecule has 0 spiro atoms. The number of ketones is 1. The second-order valence-electron chi connectivity index (χ2n) is 6.87. The largest absolute Gasteiger partial charge is 0.497 e. The highest BCUT2D eigenvalue weighted by Crippen LogP contribution is 2.19. The van der Waals surface area contributed by atoms with Crippen molar-refractivity contribution in [3.8, 4) is 5.75 Å². The van der Waals surface area contributed by atoms with E-state index in [9.17, 15) is 9.59 Å². The molecule has 1 amide bonds. The number of ether oxygens (including phenoxy) is 1. The highest BCUT2D eigenvalue weighted by Gasteiger charge is 2.27. The summed E-state index contributed by atoms with van der Waals surface area (Å²) in [6.07, 6.45) is 2.74. The third-order valence-corrected chi connectivity index (χ3v) is 4.89. The molecule has 1 aliphatic heterocycles. The molecule has 1 fully saturated rings. The van der Waals surface area contributed by atoms with Crippen LogP contribution in [0.15, 0.2) is 54.6 Å². The summed E-state index contributed by atoms with van der Waals surface area (Å²) in [5, 5.41) is 3.45. The molecule has 1 atom stereocenters. The number of nitrogens with one attached hydrogen (secondary N) is 1. The summed E-state index contributed by atoms with van der Waals surface area (Å²) in [4.78, 5) is 26.6. The summed E-state index contributed by atoms with van der Waals surface area (Å²) in [7, 11) is 1.64. The molecule has 27 heavy (non-hydrogen) atoms. The van der Waals surface area contributed by atoms with Crippen LogP contribution in [0.4, 0.5) is 5.69 Å². The van der Waals surface area contributed by atoms with Crippen molar-refractivity contribution in [3.05, 3.63) is 60.2 Å². The quantitative estimate of drug-likeness (QED) is 0.764. The number of carbonyl (C=O) groups is 2. The van der Waals surface area contributed by atoms with Gasteiger partial charge in [-0.3, -0.25) is 9.59 Å². The lowest BCUT2D eigenvalue weighted by Crippen LogP contribution is -2.47. The van der Waals surface area contributed by atoms with E-state index in [1.807, 2.05) is 54.6 Å². The predicted octanol–water partition coefficient (Wildman–Crippen LogP) is 3.30. The van der Waals surface area contributed by atoms with Crippen molar-refractivity contribution < 1.29 is 14.3 Å². The maximum absolute atomic E-state index is 12.5. The van der Waals surface area contributed by atoms with Crippen LogP contribution in [0.2, 0.25) is 0 Å². The van der Waals surface area contributed by atoms with E-state index in [0.29, 0.717) is 19.5 Å². The number of rotatable bonds is 7. The van der Waals surface area contributed by atoms with Gasteiger partial charge in [0.05, 0.1) is 7.11 Å². The molecule has 0 radical (unpaired) electrons. The summed E-state index contributed by atoms with van der Waals surface area (Å²) >= 11 is 0. The minimum absolute atomic E-state index is 0.151. The molecule has 0 unspecified atom stereocenters. The number of hydrogen-bond acceptors (Lipinski definition) is 4. The number of nitrogens with zero attached hydrogens (tertiary/aromatic N) is 1. The van der Waals surface area contributed by atoms with Crippen LogP contribution in [0.25, 0.3) is 0 Å². The van der Waals surface area contributed by atoms with Gasteiger partial charge in [-0.25, -0.2) is 0 Å². The van der Waals surface area contributed by atoms with Crippen molar-refractivity contribution >= 4 is 17.4 Å². The number of Topliss-reactive ketones (excluding diaryl/α,β-unsaturated/α-hetero) is 1. The Hall–Kier alpha value is -2.82. The predicted molar refractivity (Wildman–Crippen MR) is 106 cm³/mol. The van der Waals surface area contributed by atoms with Crippen LogP contribution >= 0.6 is 0 Å². The monoisotopic (exact) mass is 366 g/mol. The van der Waals surface area contributed by atoms with E-state index >= 15 is 0 Å². The highest BCUT2D eigenvalue weighted by atomic mass is 16.5. The summed E-state index contributed by atoms with van der Waals surface area (Å²) in [5.41, 5.74) is 2.07. The topological polar surface area (TPSA) is 58.6 Å². The van der Waals surface area contributed by atoms with Gasteiger partial charge in [0.15, 0.2) is 0 Å². The van der Waals surface area contributed by atoms with E-state index in [1.165, 1.54) is 0 Å². The number of piperidine rings is 1. The van der Waals surface area contributed by atoms with Crippen LogP contribution in [-0.2, 0) is 16.0 Å². The third kappa shape index (κ3) is 5.33. The highest BCUT2D eigenvalue weighted by molar-refractivity contribution is 6.36. The van der Waals surface area contributed by atoms with E-state index in [1.54, 1.807) is 12.0 Å². The fourth-order valence-corrected chi connectivity index (χ4v) is 3.39. The molecule has 5 nitrogen and oxygen atoms in total. The Labute approximate surface area is 160 Å². The lowest BCUT2D eigenvalue weighted by Gasteiger charge is -2.33. The first-order chi connectivity index (χ1) is 13.2. The van der Waals surface area contributed by atoms with E-state index < -0.39 is 0 Å². The average Bonchev–Trinajstić information content (AvgIpc) is 2.73. The van der Waals surface area contributed by atoms with Crippen molar-refractivity contribution in [2.24, 2.45) is 0 Å². The molecule has 0 aliphatic carbocycles. The van der Waals surface area contributed by atoms with Crippen LogP contribution in [0.5, 0.6) is 5.75 Å². The van der Waals surface area contributed by atoms with E-state index in [4.69, 9.17) is 4.74 Å². The number of methoxy groups -OCH3 is 1. The third-order valence-electron chi connectivity index (χ3n) is 4.89. The van der Waals surface area contributed by atoms with Crippen molar-refractivity contribution in [2.75, 3.05) is 25.5 Å². The zero-order chi connectivity index (χ0) is 19.1.